The maximum absolute atomic E-state index is 12.5. The summed E-state index contributed by atoms with van der Waals surface area (Å²) in [6.07, 6.45) is -0.0849. The summed E-state index contributed by atoms with van der Waals surface area (Å²) in [5, 5.41) is 2.34. The monoisotopic (exact) mass is 477 g/mol. The molecule has 0 aromatic heterocycles. The van der Waals surface area contributed by atoms with Crippen molar-refractivity contribution in [1.82, 2.24) is 16.2 Å². The molecule has 0 aliphatic heterocycles. The number of ether oxygens (including phenoxy) is 2. The standard InChI is InChI=1S/C22H27N3O7S/c1-3-31-18-11-9-17(10-12-18)20(26)24-25-21(27)19(13-14-33(2,29)30)23-22(28)32-15-16-7-5-4-6-8-16/h4-12,19H,3,13-15H2,1-2H3,(H,23,28)(H,24,26)(H,25,27). The van der Waals surface area contributed by atoms with E-state index < -0.39 is 33.8 Å². The molecule has 0 radical (unpaired) electrons. The molecule has 0 spiro atoms. The van der Waals surface area contributed by atoms with Crippen LogP contribution in [0, 0.1) is 0 Å². The van der Waals surface area contributed by atoms with Crippen LogP contribution >= 0.6 is 0 Å². The predicted molar refractivity (Wildman–Crippen MR) is 121 cm³/mol. The van der Waals surface area contributed by atoms with Gasteiger partial charge in [0.05, 0.1) is 12.4 Å². The van der Waals surface area contributed by atoms with Crippen molar-refractivity contribution in [3.05, 3.63) is 65.7 Å². The van der Waals surface area contributed by atoms with E-state index in [0.29, 0.717) is 12.4 Å². The Morgan fingerprint density at radius 1 is 0.970 bits per heavy atom. The SMILES string of the molecule is CCOc1ccc(C(=O)NNC(=O)C(CCS(C)(=O)=O)NC(=O)OCc2ccccc2)cc1. The number of sulfone groups is 1. The number of rotatable bonds is 10. The molecule has 0 fully saturated rings. The summed E-state index contributed by atoms with van der Waals surface area (Å²) in [7, 11) is -3.40. The Labute approximate surface area is 192 Å². The van der Waals surface area contributed by atoms with Crippen molar-refractivity contribution in [2.24, 2.45) is 0 Å². The lowest BCUT2D eigenvalue weighted by molar-refractivity contribution is -0.123. The summed E-state index contributed by atoms with van der Waals surface area (Å²) in [6.45, 7) is 2.29. The van der Waals surface area contributed by atoms with Gasteiger partial charge in [-0.25, -0.2) is 13.2 Å². The van der Waals surface area contributed by atoms with E-state index >= 15 is 0 Å². The third-order valence-electron chi connectivity index (χ3n) is 4.33. The molecule has 178 valence electrons. The van der Waals surface area contributed by atoms with Gasteiger partial charge in [-0.2, -0.15) is 0 Å². The van der Waals surface area contributed by atoms with Crippen LogP contribution in [0.5, 0.6) is 5.75 Å². The summed E-state index contributed by atoms with van der Waals surface area (Å²) in [6, 6.07) is 13.9. The quantitative estimate of drug-likeness (QED) is 0.441. The number of hydrogen-bond donors (Lipinski definition) is 3. The van der Waals surface area contributed by atoms with Crippen LogP contribution in [0.25, 0.3) is 0 Å². The first kappa shape index (κ1) is 25.7. The molecule has 3 N–H and O–H groups in total. The summed E-state index contributed by atoms with van der Waals surface area (Å²) < 4.78 is 33.4. The van der Waals surface area contributed by atoms with Gasteiger partial charge in [0, 0.05) is 11.8 Å². The highest BCUT2D eigenvalue weighted by molar-refractivity contribution is 7.90. The second-order valence-corrected chi connectivity index (χ2v) is 9.34. The maximum Gasteiger partial charge on any atom is 0.408 e. The second kappa shape index (κ2) is 12.4. The molecule has 0 heterocycles. The lowest BCUT2D eigenvalue weighted by Crippen LogP contribution is -2.52. The zero-order chi connectivity index (χ0) is 24.3. The largest absolute Gasteiger partial charge is 0.494 e. The molecule has 0 saturated heterocycles. The molecular weight excluding hydrogens is 450 g/mol. The van der Waals surface area contributed by atoms with Crippen molar-refractivity contribution in [2.45, 2.75) is 26.0 Å². The third-order valence-corrected chi connectivity index (χ3v) is 5.30. The lowest BCUT2D eigenvalue weighted by atomic mass is 10.2. The van der Waals surface area contributed by atoms with Gasteiger partial charge >= 0.3 is 6.09 Å². The Balaban J connectivity index is 1.94. The highest BCUT2D eigenvalue weighted by atomic mass is 32.2. The van der Waals surface area contributed by atoms with Gasteiger partial charge in [0.25, 0.3) is 11.8 Å². The topological polar surface area (TPSA) is 140 Å². The van der Waals surface area contributed by atoms with E-state index in [-0.39, 0.29) is 24.3 Å². The number of carbonyl (C=O) groups is 3. The molecule has 11 heteroatoms. The fraction of sp³-hybridized carbons (Fsp3) is 0.318. The molecule has 2 aromatic carbocycles. The number of hydrazine groups is 1. The van der Waals surface area contributed by atoms with Gasteiger partial charge < -0.3 is 14.8 Å². The fourth-order valence-electron chi connectivity index (χ4n) is 2.65. The molecule has 1 unspecified atom stereocenters. The number of hydrogen-bond acceptors (Lipinski definition) is 7. The highest BCUT2D eigenvalue weighted by Crippen LogP contribution is 2.11. The second-order valence-electron chi connectivity index (χ2n) is 7.08. The first-order valence-electron chi connectivity index (χ1n) is 10.2. The van der Waals surface area contributed by atoms with Gasteiger partial charge in [-0.1, -0.05) is 30.3 Å². The van der Waals surface area contributed by atoms with Gasteiger partial charge in [-0.3, -0.25) is 20.4 Å². The molecule has 10 nitrogen and oxygen atoms in total. The van der Waals surface area contributed by atoms with Crippen LogP contribution in [-0.4, -0.2) is 51.0 Å². The van der Waals surface area contributed by atoms with Crippen LogP contribution in [0.15, 0.2) is 54.6 Å². The minimum Gasteiger partial charge on any atom is -0.494 e. The van der Waals surface area contributed by atoms with E-state index in [4.69, 9.17) is 9.47 Å². The van der Waals surface area contributed by atoms with Gasteiger partial charge in [0.15, 0.2) is 0 Å². The van der Waals surface area contributed by atoms with E-state index in [9.17, 15) is 22.8 Å². The lowest BCUT2D eigenvalue weighted by Gasteiger charge is -2.18. The van der Waals surface area contributed by atoms with Crippen LogP contribution in [0.2, 0.25) is 0 Å². The molecule has 0 saturated carbocycles. The molecule has 3 amide bonds. The van der Waals surface area contributed by atoms with Gasteiger partial charge in [-0.05, 0) is 43.2 Å². The van der Waals surface area contributed by atoms with Crippen LogP contribution in [-0.2, 0) is 26.0 Å². The summed E-state index contributed by atoms with van der Waals surface area (Å²) >= 11 is 0. The Bertz CT molecular complexity index is 1040. The van der Waals surface area contributed by atoms with Gasteiger partial charge in [0.1, 0.15) is 28.2 Å². The van der Waals surface area contributed by atoms with E-state index in [1.807, 2.05) is 13.0 Å². The van der Waals surface area contributed by atoms with Crippen LogP contribution in [0.1, 0.15) is 29.3 Å². The first-order chi connectivity index (χ1) is 15.7. The van der Waals surface area contributed by atoms with Crippen molar-refractivity contribution in [2.75, 3.05) is 18.6 Å². The van der Waals surface area contributed by atoms with E-state index in [1.165, 1.54) is 12.1 Å². The van der Waals surface area contributed by atoms with E-state index in [0.717, 1.165) is 11.8 Å². The number of nitrogens with one attached hydrogen (secondary N) is 3. The minimum absolute atomic E-state index is 0.0262. The Morgan fingerprint density at radius 2 is 1.64 bits per heavy atom. The molecule has 2 aromatic rings. The van der Waals surface area contributed by atoms with Crippen molar-refractivity contribution in [1.29, 1.82) is 0 Å². The smallest absolute Gasteiger partial charge is 0.408 e. The molecule has 2 rings (SSSR count). The number of benzene rings is 2. The molecule has 1 atom stereocenters. The Morgan fingerprint density at radius 3 is 2.24 bits per heavy atom. The van der Waals surface area contributed by atoms with Gasteiger partial charge in [0.2, 0.25) is 0 Å². The molecular formula is C22H27N3O7S. The Hall–Kier alpha value is -3.60. The van der Waals surface area contributed by atoms with Crippen molar-refractivity contribution in [3.63, 3.8) is 0 Å². The average molecular weight is 478 g/mol. The summed E-state index contributed by atoms with van der Waals surface area (Å²) in [5.74, 6) is -1.15. The maximum atomic E-state index is 12.5. The van der Waals surface area contributed by atoms with Crippen LogP contribution in [0.3, 0.4) is 0 Å². The minimum atomic E-state index is -3.40. The van der Waals surface area contributed by atoms with Crippen molar-refractivity contribution in [3.8, 4) is 5.75 Å². The summed E-state index contributed by atoms with van der Waals surface area (Å²) in [5.41, 5.74) is 5.45. The molecule has 0 aliphatic carbocycles. The molecule has 0 bridgehead atoms. The molecule has 0 aliphatic rings. The number of alkyl carbamates (subject to hydrolysis) is 1. The van der Waals surface area contributed by atoms with Gasteiger partial charge in [-0.15, -0.1) is 0 Å². The van der Waals surface area contributed by atoms with E-state index in [1.54, 1.807) is 36.4 Å². The zero-order valence-corrected chi connectivity index (χ0v) is 19.2. The zero-order valence-electron chi connectivity index (χ0n) is 18.4. The fourth-order valence-corrected chi connectivity index (χ4v) is 3.32. The van der Waals surface area contributed by atoms with Crippen molar-refractivity contribution >= 4 is 27.7 Å². The van der Waals surface area contributed by atoms with Crippen LogP contribution < -0.4 is 20.9 Å². The summed E-state index contributed by atoms with van der Waals surface area (Å²) in [4.78, 5) is 36.9. The number of carbonyl (C=O) groups excluding carboxylic acids is 3. The van der Waals surface area contributed by atoms with E-state index in [2.05, 4.69) is 16.2 Å². The number of amides is 3. The van der Waals surface area contributed by atoms with Crippen LogP contribution in [0.4, 0.5) is 4.79 Å². The normalized spacial score (nSPS) is 11.7. The van der Waals surface area contributed by atoms with Crippen molar-refractivity contribution < 1.29 is 32.3 Å². The highest BCUT2D eigenvalue weighted by Gasteiger charge is 2.24. The Kier molecular flexibility index (Phi) is 9.67. The predicted octanol–water partition coefficient (Wildman–Crippen LogP) is 1.58. The molecule has 33 heavy (non-hydrogen) atoms. The third kappa shape index (κ3) is 9.60. The average Bonchev–Trinajstić information content (AvgIpc) is 2.79. The first-order valence-corrected chi connectivity index (χ1v) is 12.2.